The van der Waals surface area contributed by atoms with E-state index in [0.717, 1.165) is 65.3 Å². The topological polar surface area (TPSA) is 77.5 Å². The summed E-state index contributed by atoms with van der Waals surface area (Å²) in [5.74, 6) is 2.22. The van der Waals surface area contributed by atoms with E-state index in [9.17, 15) is 9.90 Å². The molecule has 0 fully saturated rings. The van der Waals surface area contributed by atoms with Crippen LogP contribution in [0, 0.1) is 0 Å². The molecule has 41 heavy (non-hydrogen) atoms. The van der Waals surface area contributed by atoms with Gasteiger partial charge in [-0.15, -0.1) is 0 Å². The van der Waals surface area contributed by atoms with Crippen LogP contribution in [0.3, 0.4) is 0 Å². The average Bonchev–Trinajstić information content (AvgIpc) is 3.46. The summed E-state index contributed by atoms with van der Waals surface area (Å²) in [6, 6.07) is 21.3. The maximum Gasteiger partial charge on any atom is 0.306 e. The Bertz CT molecular complexity index is 1310. The molecular formula is C34H41NO6. The molecule has 1 N–H and O–H groups in total. The standard InChI is InChI=1S/C34H41NO6/c1-5-9-33(37)41-29(21-35(7-3)8-4)22-38-28-17-12-25(13-18-28)34(24-10-15-27(36)16-11-24)30(6-2)26-14-19-31-32(20-26)40-23-39-31/h10-20,29,36H,5-9,21-23H2,1-4H3/b34-30-. The van der Waals surface area contributed by atoms with Crippen molar-refractivity contribution in [3.05, 3.63) is 83.4 Å². The van der Waals surface area contributed by atoms with E-state index in [1.54, 1.807) is 12.1 Å². The summed E-state index contributed by atoms with van der Waals surface area (Å²) in [5, 5.41) is 9.94. The van der Waals surface area contributed by atoms with E-state index in [1.165, 1.54) is 0 Å². The Kier molecular flexibility index (Phi) is 10.7. The number of ether oxygens (including phenoxy) is 4. The van der Waals surface area contributed by atoms with Gasteiger partial charge in [0, 0.05) is 13.0 Å². The second-order valence-electron chi connectivity index (χ2n) is 10.0. The summed E-state index contributed by atoms with van der Waals surface area (Å²) in [6.45, 7) is 11.2. The van der Waals surface area contributed by atoms with Crippen molar-refractivity contribution in [1.82, 2.24) is 4.90 Å². The van der Waals surface area contributed by atoms with Gasteiger partial charge in [-0.05, 0) is 90.2 Å². The molecule has 1 unspecified atom stereocenters. The smallest absolute Gasteiger partial charge is 0.306 e. The molecular weight excluding hydrogens is 518 g/mol. The van der Waals surface area contributed by atoms with Gasteiger partial charge in [-0.3, -0.25) is 4.79 Å². The maximum atomic E-state index is 12.2. The number of aromatic hydroxyl groups is 1. The van der Waals surface area contributed by atoms with E-state index >= 15 is 0 Å². The average molecular weight is 560 g/mol. The molecule has 1 heterocycles. The normalized spacial score (nSPS) is 13.6. The van der Waals surface area contributed by atoms with Gasteiger partial charge in [-0.1, -0.05) is 58.0 Å². The molecule has 1 aliphatic heterocycles. The Hall–Kier alpha value is -3.97. The molecule has 0 saturated carbocycles. The van der Waals surface area contributed by atoms with Crippen molar-refractivity contribution in [2.45, 2.75) is 53.1 Å². The quantitative estimate of drug-likeness (QED) is 0.170. The molecule has 0 spiro atoms. The van der Waals surface area contributed by atoms with E-state index in [1.807, 2.05) is 55.5 Å². The van der Waals surface area contributed by atoms with Gasteiger partial charge in [-0.2, -0.15) is 0 Å². The van der Waals surface area contributed by atoms with Crippen molar-refractivity contribution in [1.29, 1.82) is 0 Å². The van der Waals surface area contributed by atoms with E-state index in [4.69, 9.17) is 18.9 Å². The number of phenolic OH excluding ortho intramolecular Hbond substituents is 1. The number of phenols is 1. The van der Waals surface area contributed by atoms with Gasteiger partial charge >= 0.3 is 5.97 Å². The Balaban J connectivity index is 1.61. The Labute approximate surface area is 243 Å². The summed E-state index contributed by atoms with van der Waals surface area (Å²) in [6.07, 6.45) is 1.59. The first-order valence-electron chi connectivity index (χ1n) is 14.5. The third-order valence-corrected chi connectivity index (χ3v) is 7.22. The lowest BCUT2D eigenvalue weighted by Gasteiger charge is -2.25. The zero-order valence-corrected chi connectivity index (χ0v) is 24.5. The number of carbonyl (C=O) groups excluding carboxylic acids is 1. The lowest BCUT2D eigenvalue weighted by atomic mass is 9.88. The first-order valence-corrected chi connectivity index (χ1v) is 14.5. The Morgan fingerprint density at radius 3 is 2.15 bits per heavy atom. The number of fused-ring (bicyclic) bond motifs is 1. The summed E-state index contributed by atoms with van der Waals surface area (Å²) < 4.78 is 23.1. The molecule has 7 heteroatoms. The first-order chi connectivity index (χ1) is 19.9. The van der Waals surface area contributed by atoms with Crippen molar-refractivity contribution < 1.29 is 28.8 Å². The number of likely N-dealkylation sites (N-methyl/N-ethyl adjacent to an activating group) is 1. The minimum Gasteiger partial charge on any atom is -0.508 e. The monoisotopic (exact) mass is 559 g/mol. The fourth-order valence-corrected chi connectivity index (χ4v) is 5.00. The number of carbonyl (C=O) groups is 1. The Morgan fingerprint density at radius 1 is 0.878 bits per heavy atom. The Morgan fingerprint density at radius 2 is 1.51 bits per heavy atom. The van der Waals surface area contributed by atoms with Crippen LogP contribution >= 0.6 is 0 Å². The SMILES string of the molecule is CCCC(=O)OC(COc1ccc(/C(=C(/CC)c2ccc3c(c2)OCO3)c2ccc(O)cc2)cc1)CN(CC)CC. The van der Waals surface area contributed by atoms with Crippen LogP contribution in [0.5, 0.6) is 23.0 Å². The second-order valence-corrected chi connectivity index (χ2v) is 10.0. The van der Waals surface area contributed by atoms with Crippen molar-refractivity contribution in [2.75, 3.05) is 33.0 Å². The fourth-order valence-electron chi connectivity index (χ4n) is 5.00. The highest BCUT2D eigenvalue weighted by atomic mass is 16.7. The number of allylic oxidation sites excluding steroid dienone is 1. The summed E-state index contributed by atoms with van der Waals surface area (Å²) in [5.41, 5.74) is 5.27. The third kappa shape index (κ3) is 7.82. The van der Waals surface area contributed by atoms with Gasteiger partial charge in [0.1, 0.15) is 24.2 Å². The van der Waals surface area contributed by atoms with Gasteiger partial charge < -0.3 is 29.0 Å². The predicted molar refractivity (Wildman–Crippen MR) is 161 cm³/mol. The van der Waals surface area contributed by atoms with Crippen LogP contribution < -0.4 is 14.2 Å². The van der Waals surface area contributed by atoms with E-state index in [2.05, 4.69) is 31.7 Å². The second kappa shape index (κ2) is 14.6. The number of hydrogen-bond donors (Lipinski definition) is 1. The lowest BCUT2D eigenvalue weighted by molar-refractivity contribution is -0.151. The molecule has 7 nitrogen and oxygen atoms in total. The largest absolute Gasteiger partial charge is 0.508 e. The highest BCUT2D eigenvalue weighted by Crippen LogP contribution is 2.40. The highest BCUT2D eigenvalue weighted by molar-refractivity contribution is 5.99. The summed E-state index contributed by atoms with van der Waals surface area (Å²) >= 11 is 0. The van der Waals surface area contributed by atoms with Crippen LogP contribution in [0.1, 0.15) is 63.6 Å². The van der Waals surface area contributed by atoms with Gasteiger partial charge in [0.05, 0.1) is 0 Å². The molecule has 0 aromatic heterocycles. The van der Waals surface area contributed by atoms with Gasteiger partial charge in [0.2, 0.25) is 6.79 Å². The van der Waals surface area contributed by atoms with Crippen molar-refractivity contribution >= 4 is 17.1 Å². The number of hydrogen-bond acceptors (Lipinski definition) is 7. The molecule has 1 aliphatic rings. The molecule has 4 rings (SSSR count). The van der Waals surface area contributed by atoms with E-state index in [0.29, 0.717) is 18.7 Å². The zero-order valence-electron chi connectivity index (χ0n) is 24.5. The van der Waals surface area contributed by atoms with E-state index in [-0.39, 0.29) is 31.2 Å². The molecule has 3 aromatic carbocycles. The fraction of sp³-hybridized carbons (Fsp3) is 0.382. The lowest BCUT2D eigenvalue weighted by Crippen LogP contribution is -2.38. The molecule has 0 aliphatic carbocycles. The molecule has 0 radical (unpaired) electrons. The highest BCUT2D eigenvalue weighted by Gasteiger charge is 2.20. The third-order valence-electron chi connectivity index (χ3n) is 7.22. The molecule has 0 bridgehead atoms. The van der Waals surface area contributed by atoms with Gasteiger partial charge in [0.25, 0.3) is 0 Å². The molecule has 218 valence electrons. The van der Waals surface area contributed by atoms with Crippen molar-refractivity contribution in [2.24, 2.45) is 0 Å². The van der Waals surface area contributed by atoms with Gasteiger partial charge in [0.15, 0.2) is 11.5 Å². The zero-order chi connectivity index (χ0) is 29.2. The predicted octanol–water partition coefficient (Wildman–Crippen LogP) is 6.92. The number of rotatable bonds is 14. The van der Waals surface area contributed by atoms with Crippen LogP contribution in [0.4, 0.5) is 0 Å². The molecule has 3 aromatic rings. The summed E-state index contributed by atoms with van der Waals surface area (Å²) in [7, 11) is 0. The maximum absolute atomic E-state index is 12.2. The van der Waals surface area contributed by atoms with Crippen LogP contribution in [0.15, 0.2) is 66.7 Å². The minimum atomic E-state index is -0.348. The van der Waals surface area contributed by atoms with Crippen molar-refractivity contribution in [3.63, 3.8) is 0 Å². The number of esters is 1. The van der Waals surface area contributed by atoms with Crippen LogP contribution in [0.25, 0.3) is 11.1 Å². The van der Waals surface area contributed by atoms with Crippen molar-refractivity contribution in [3.8, 4) is 23.0 Å². The number of benzene rings is 3. The number of nitrogens with zero attached hydrogens (tertiary/aromatic N) is 1. The molecule has 0 saturated heterocycles. The van der Waals surface area contributed by atoms with Crippen LogP contribution in [0.2, 0.25) is 0 Å². The van der Waals surface area contributed by atoms with E-state index < -0.39 is 0 Å². The molecule has 0 amide bonds. The minimum absolute atomic E-state index is 0.192. The first kappa shape index (κ1) is 30.0. The van der Waals surface area contributed by atoms with Crippen LogP contribution in [-0.4, -0.2) is 55.1 Å². The summed E-state index contributed by atoms with van der Waals surface area (Å²) in [4.78, 5) is 14.5. The molecule has 1 atom stereocenters. The van der Waals surface area contributed by atoms with Gasteiger partial charge in [-0.25, -0.2) is 0 Å². The van der Waals surface area contributed by atoms with Crippen LogP contribution in [-0.2, 0) is 9.53 Å².